The number of ether oxygens (including phenoxy) is 1. The molecule has 3 nitrogen and oxygen atoms in total. The normalized spacial score (nSPS) is 11.0. The number of aliphatic hydroxyl groups excluding tert-OH is 1. The minimum Gasteiger partial charge on any atom is -0.494 e. The van der Waals surface area contributed by atoms with Gasteiger partial charge < -0.3 is 9.84 Å². The van der Waals surface area contributed by atoms with Gasteiger partial charge in [0.25, 0.3) is 0 Å². The van der Waals surface area contributed by atoms with Gasteiger partial charge >= 0.3 is 0 Å². The van der Waals surface area contributed by atoms with E-state index < -0.39 is 0 Å². The molecule has 19 heavy (non-hydrogen) atoms. The Kier molecular flexibility index (Phi) is 4.56. The molecule has 0 bridgehead atoms. The summed E-state index contributed by atoms with van der Waals surface area (Å²) in [6.07, 6.45) is 0. The average molecular weight is 277 g/mol. The van der Waals surface area contributed by atoms with Crippen molar-refractivity contribution in [1.29, 1.82) is 0 Å². The number of rotatable bonds is 5. The van der Waals surface area contributed by atoms with Crippen LogP contribution in [0, 0.1) is 0 Å². The standard InChI is InChI=1S/C15H19NO2S/c1-4-18-12-7-5-6-11(8-12)15-16-14(10(2)3)13(9-17)19-15/h5-8,10,17H,4,9H2,1-3H3. The number of benzene rings is 1. The van der Waals surface area contributed by atoms with Crippen LogP contribution in [0.5, 0.6) is 5.75 Å². The summed E-state index contributed by atoms with van der Waals surface area (Å²) in [7, 11) is 0. The second kappa shape index (κ2) is 6.17. The zero-order valence-electron chi connectivity index (χ0n) is 11.5. The van der Waals surface area contributed by atoms with E-state index in [1.807, 2.05) is 31.2 Å². The first-order valence-electron chi connectivity index (χ1n) is 6.49. The fourth-order valence-corrected chi connectivity index (χ4v) is 3.01. The third-order valence-corrected chi connectivity index (χ3v) is 3.92. The van der Waals surface area contributed by atoms with Crippen molar-refractivity contribution in [2.45, 2.75) is 33.3 Å². The van der Waals surface area contributed by atoms with E-state index >= 15 is 0 Å². The van der Waals surface area contributed by atoms with E-state index in [9.17, 15) is 5.11 Å². The minimum absolute atomic E-state index is 0.0519. The SMILES string of the molecule is CCOc1cccc(-c2nc(C(C)C)c(CO)s2)c1. The summed E-state index contributed by atoms with van der Waals surface area (Å²) in [6.45, 7) is 6.86. The molecule has 0 saturated heterocycles. The zero-order chi connectivity index (χ0) is 13.8. The molecule has 0 radical (unpaired) electrons. The zero-order valence-corrected chi connectivity index (χ0v) is 12.3. The summed E-state index contributed by atoms with van der Waals surface area (Å²) < 4.78 is 5.51. The average Bonchev–Trinajstić information content (AvgIpc) is 2.84. The van der Waals surface area contributed by atoms with Crippen LogP contribution in [0.15, 0.2) is 24.3 Å². The molecular formula is C15H19NO2S. The molecule has 4 heteroatoms. The molecule has 0 unspecified atom stereocenters. The highest BCUT2D eigenvalue weighted by Crippen LogP contribution is 2.33. The van der Waals surface area contributed by atoms with Crippen molar-refractivity contribution < 1.29 is 9.84 Å². The van der Waals surface area contributed by atoms with E-state index in [4.69, 9.17) is 4.74 Å². The fourth-order valence-electron chi connectivity index (χ4n) is 1.94. The number of thiazole rings is 1. The summed E-state index contributed by atoms with van der Waals surface area (Å²) in [6, 6.07) is 7.92. The molecule has 0 aliphatic rings. The van der Waals surface area contributed by atoms with Crippen molar-refractivity contribution in [3.63, 3.8) is 0 Å². The van der Waals surface area contributed by atoms with Crippen molar-refractivity contribution in [3.05, 3.63) is 34.8 Å². The minimum atomic E-state index is 0.0519. The van der Waals surface area contributed by atoms with Crippen molar-refractivity contribution in [2.75, 3.05) is 6.61 Å². The summed E-state index contributed by atoms with van der Waals surface area (Å²) in [4.78, 5) is 5.61. The van der Waals surface area contributed by atoms with Gasteiger partial charge in [-0.05, 0) is 25.0 Å². The largest absolute Gasteiger partial charge is 0.494 e. The van der Waals surface area contributed by atoms with E-state index in [-0.39, 0.29) is 6.61 Å². The quantitative estimate of drug-likeness (QED) is 0.903. The van der Waals surface area contributed by atoms with E-state index in [2.05, 4.69) is 18.8 Å². The van der Waals surface area contributed by atoms with Crippen LogP contribution in [0.2, 0.25) is 0 Å². The highest BCUT2D eigenvalue weighted by atomic mass is 32.1. The first-order valence-corrected chi connectivity index (χ1v) is 7.31. The third-order valence-electron chi connectivity index (χ3n) is 2.81. The molecule has 0 spiro atoms. The summed E-state index contributed by atoms with van der Waals surface area (Å²) in [5.74, 6) is 1.18. The van der Waals surface area contributed by atoms with E-state index in [1.165, 1.54) is 0 Å². The van der Waals surface area contributed by atoms with Crippen molar-refractivity contribution in [1.82, 2.24) is 4.98 Å². The molecular weight excluding hydrogens is 258 g/mol. The topological polar surface area (TPSA) is 42.4 Å². The van der Waals surface area contributed by atoms with Gasteiger partial charge in [-0.1, -0.05) is 26.0 Å². The molecule has 102 valence electrons. The smallest absolute Gasteiger partial charge is 0.124 e. The van der Waals surface area contributed by atoms with E-state index in [1.54, 1.807) is 11.3 Å². The van der Waals surface area contributed by atoms with Crippen LogP contribution in [0.3, 0.4) is 0 Å². The summed E-state index contributed by atoms with van der Waals surface area (Å²) in [5.41, 5.74) is 2.03. The van der Waals surface area contributed by atoms with Gasteiger partial charge in [-0.3, -0.25) is 0 Å². The number of hydrogen-bond donors (Lipinski definition) is 1. The Bertz CT molecular complexity index is 549. The molecule has 1 N–H and O–H groups in total. The molecule has 0 saturated carbocycles. The van der Waals surface area contributed by atoms with Crippen molar-refractivity contribution >= 4 is 11.3 Å². The van der Waals surface area contributed by atoms with Crippen LogP contribution in [-0.4, -0.2) is 16.7 Å². The van der Waals surface area contributed by atoms with E-state index in [0.29, 0.717) is 12.5 Å². The second-order valence-electron chi connectivity index (χ2n) is 4.60. The lowest BCUT2D eigenvalue weighted by Gasteiger charge is -2.04. The maximum atomic E-state index is 9.41. The second-order valence-corrected chi connectivity index (χ2v) is 5.68. The summed E-state index contributed by atoms with van der Waals surface area (Å²) >= 11 is 1.55. The predicted octanol–water partition coefficient (Wildman–Crippen LogP) is 3.82. The molecule has 0 aliphatic heterocycles. The highest BCUT2D eigenvalue weighted by Gasteiger charge is 2.14. The van der Waals surface area contributed by atoms with Crippen LogP contribution in [0.4, 0.5) is 0 Å². The van der Waals surface area contributed by atoms with Gasteiger partial charge in [0, 0.05) is 5.56 Å². The highest BCUT2D eigenvalue weighted by molar-refractivity contribution is 7.15. The van der Waals surface area contributed by atoms with Crippen LogP contribution >= 0.6 is 11.3 Å². The Balaban J connectivity index is 2.38. The summed E-state index contributed by atoms with van der Waals surface area (Å²) in [5, 5.41) is 10.4. The first kappa shape index (κ1) is 14.0. The molecule has 1 aromatic heterocycles. The van der Waals surface area contributed by atoms with Crippen LogP contribution in [0.25, 0.3) is 10.6 Å². The van der Waals surface area contributed by atoms with Crippen LogP contribution in [-0.2, 0) is 6.61 Å². The third kappa shape index (κ3) is 3.14. The molecule has 2 aromatic rings. The van der Waals surface area contributed by atoms with Gasteiger partial charge in [0.15, 0.2) is 0 Å². The molecule has 0 atom stereocenters. The van der Waals surface area contributed by atoms with Gasteiger partial charge in [0.1, 0.15) is 10.8 Å². The Morgan fingerprint density at radius 1 is 1.37 bits per heavy atom. The van der Waals surface area contributed by atoms with Crippen molar-refractivity contribution in [3.8, 4) is 16.3 Å². The number of aromatic nitrogens is 1. The lowest BCUT2D eigenvalue weighted by molar-refractivity contribution is 0.283. The van der Waals surface area contributed by atoms with Crippen LogP contribution in [0.1, 0.15) is 37.3 Å². The number of nitrogens with zero attached hydrogens (tertiary/aromatic N) is 1. The van der Waals surface area contributed by atoms with Gasteiger partial charge in [0.2, 0.25) is 0 Å². The Hall–Kier alpha value is -1.39. The lowest BCUT2D eigenvalue weighted by atomic mass is 10.1. The maximum Gasteiger partial charge on any atom is 0.124 e. The molecule has 0 aliphatic carbocycles. The monoisotopic (exact) mass is 277 g/mol. The Morgan fingerprint density at radius 2 is 2.16 bits per heavy atom. The predicted molar refractivity (Wildman–Crippen MR) is 78.7 cm³/mol. The van der Waals surface area contributed by atoms with Gasteiger partial charge in [-0.2, -0.15) is 0 Å². The number of hydrogen-bond acceptors (Lipinski definition) is 4. The maximum absolute atomic E-state index is 9.41. The van der Waals surface area contributed by atoms with Gasteiger partial charge in [0.05, 0.1) is 23.8 Å². The first-order chi connectivity index (χ1) is 9.15. The molecule has 0 fully saturated rings. The van der Waals surface area contributed by atoms with Gasteiger partial charge in [-0.15, -0.1) is 11.3 Å². The molecule has 2 rings (SSSR count). The van der Waals surface area contributed by atoms with Crippen molar-refractivity contribution in [2.24, 2.45) is 0 Å². The Morgan fingerprint density at radius 3 is 2.74 bits per heavy atom. The molecule has 0 amide bonds. The Labute approximate surface area is 117 Å². The molecule has 1 heterocycles. The van der Waals surface area contributed by atoms with Gasteiger partial charge in [-0.25, -0.2) is 4.98 Å². The lowest BCUT2D eigenvalue weighted by Crippen LogP contribution is -1.93. The molecule has 1 aromatic carbocycles. The fraction of sp³-hybridized carbons (Fsp3) is 0.400. The van der Waals surface area contributed by atoms with E-state index in [0.717, 1.165) is 26.9 Å². The van der Waals surface area contributed by atoms with Crippen LogP contribution < -0.4 is 4.74 Å². The number of aliphatic hydroxyl groups is 1.